The van der Waals surface area contributed by atoms with Crippen LogP contribution in [0, 0.1) is 5.41 Å². The number of esters is 1. The van der Waals surface area contributed by atoms with Crippen LogP contribution in [0.25, 0.3) is 0 Å². The Balaban J connectivity index is 2.07. The first-order valence-corrected chi connectivity index (χ1v) is 7.62. The fourth-order valence-corrected chi connectivity index (χ4v) is 3.33. The lowest BCUT2D eigenvalue weighted by Gasteiger charge is -2.36. The number of hydrogen-bond acceptors (Lipinski definition) is 3. The lowest BCUT2D eigenvalue weighted by molar-refractivity contribution is -0.141. The molecule has 110 valence electrons. The Bertz CT molecular complexity index is 424. The maximum Gasteiger partial charge on any atom is 0.302 e. The van der Waals surface area contributed by atoms with Crippen molar-refractivity contribution in [1.82, 2.24) is 4.98 Å². The quantitative estimate of drug-likeness (QED) is 0.760. The molecule has 2 rings (SSSR count). The van der Waals surface area contributed by atoms with Gasteiger partial charge in [0.15, 0.2) is 0 Å². The third-order valence-corrected chi connectivity index (χ3v) is 4.47. The molecule has 0 spiro atoms. The van der Waals surface area contributed by atoms with Crippen LogP contribution in [0.1, 0.15) is 63.9 Å². The van der Waals surface area contributed by atoms with Gasteiger partial charge in [0, 0.05) is 25.2 Å². The van der Waals surface area contributed by atoms with E-state index in [0.717, 1.165) is 6.42 Å². The molecule has 1 aromatic heterocycles. The second-order valence-electron chi connectivity index (χ2n) is 6.36. The molecule has 20 heavy (non-hydrogen) atoms. The number of ether oxygens (including phenoxy) is 1. The van der Waals surface area contributed by atoms with E-state index < -0.39 is 0 Å². The van der Waals surface area contributed by atoms with Gasteiger partial charge in [-0.1, -0.05) is 26.2 Å². The minimum atomic E-state index is -0.196. The van der Waals surface area contributed by atoms with Crippen molar-refractivity contribution in [3.8, 4) is 0 Å². The van der Waals surface area contributed by atoms with Crippen molar-refractivity contribution in [3.63, 3.8) is 0 Å². The number of carbonyl (C=O) groups is 1. The summed E-state index contributed by atoms with van der Waals surface area (Å²) in [4.78, 5) is 15.2. The normalized spacial score (nSPS) is 19.3. The van der Waals surface area contributed by atoms with Crippen LogP contribution < -0.4 is 0 Å². The van der Waals surface area contributed by atoms with Crippen LogP contribution in [-0.4, -0.2) is 17.6 Å². The summed E-state index contributed by atoms with van der Waals surface area (Å²) in [5.41, 5.74) is 1.61. The van der Waals surface area contributed by atoms with Crippen molar-refractivity contribution in [2.75, 3.05) is 6.61 Å². The minimum Gasteiger partial charge on any atom is -0.465 e. The summed E-state index contributed by atoms with van der Waals surface area (Å²) in [5.74, 6) is 0.0860. The number of pyridine rings is 1. The van der Waals surface area contributed by atoms with E-state index in [4.69, 9.17) is 4.74 Å². The monoisotopic (exact) mass is 275 g/mol. The minimum absolute atomic E-state index is 0.196. The number of rotatable bonds is 5. The number of nitrogens with zero attached hydrogens (tertiary/aromatic N) is 1. The molecule has 3 nitrogen and oxygen atoms in total. The average molecular weight is 275 g/mol. The zero-order chi connectivity index (χ0) is 14.4. The summed E-state index contributed by atoms with van der Waals surface area (Å²) in [7, 11) is 0. The largest absolute Gasteiger partial charge is 0.465 e. The Hall–Kier alpha value is -1.38. The first-order chi connectivity index (χ1) is 9.59. The van der Waals surface area contributed by atoms with Crippen LogP contribution >= 0.6 is 0 Å². The van der Waals surface area contributed by atoms with Gasteiger partial charge in [0.25, 0.3) is 0 Å². The molecule has 1 heterocycles. The fourth-order valence-electron chi connectivity index (χ4n) is 3.33. The molecule has 0 amide bonds. The standard InChI is InChI=1S/C17H25NO2/c1-14(19)20-13-16(15-6-10-18-11-7-15)12-17(2)8-4-3-5-9-17/h6-7,10-11,16H,3-5,8-9,12-13H2,1-2H3/t16-/m1/s1. The van der Waals surface area contributed by atoms with Gasteiger partial charge in [-0.05, 0) is 42.4 Å². The van der Waals surface area contributed by atoms with Crippen LogP contribution in [0.4, 0.5) is 0 Å². The van der Waals surface area contributed by atoms with Gasteiger partial charge < -0.3 is 4.74 Å². The van der Waals surface area contributed by atoms with Gasteiger partial charge in [-0.15, -0.1) is 0 Å². The van der Waals surface area contributed by atoms with Crippen LogP contribution in [-0.2, 0) is 9.53 Å². The smallest absolute Gasteiger partial charge is 0.302 e. The Morgan fingerprint density at radius 3 is 2.55 bits per heavy atom. The molecule has 1 fully saturated rings. The van der Waals surface area contributed by atoms with E-state index in [1.165, 1.54) is 44.6 Å². The maximum absolute atomic E-state index is 11.1. The van der Waals surface area contributed by atoms with Crippen molar-refractivity contribution in [1.29, 1.82) is 0 Å². The van der Waals surface area contributed by atoms with Gasteiger partial charge in [0.2, 0.25) is 0 Å². The molecule has 1 saturated carbocycles. The Morgan fingerprint density at radius 2 is 1.95 bits per heavy atom. The van der Waals surface area contributed by atoms with Gasteiger partial charge in [-0.2, -0.15) is 0 Å². The van der Waals surface area contributed by atoms with Crippen molar-refractivity contribution >= 4 is 5.97 Å². The van der Waals surface area contributed by atoms with Gasteiger partial charge in [-0.25, -0.2) is 0 Å². The molecule has 1 aromatic rings. The highest BCUT2D eigenvalue weighted by Crippen LogP contribution is 2.43. The van der Waals surface area contributed by atoms with Crippen molar-refractivity contribution in [3.05, 3.63) is 30.1 Å². The lowest BCUT2D eigenvalue weighted by Crippen LogP contribution is -2.25. The summed E-state index contributed by atoms with van der Waals surface area (Å²) < 4.78 is 5.29. The van der Waals surface area contributed by atoms with Gasteiger partial charge in [-0.3, -0.25) is 9.78 Å². The Morgan fingerprint density at radius 1 is 1.30 bits per heavy atom. The maximum atomic E-state index is 11.1. The van der Waals surface area contributed by atoms with Crippen molar-refractivity contribution in [2.45, 2.75) is 58.3 Å². The van der Waals surface area contributed by atoms with Gasteiger partial charge in [0.05, 0.1) is 6.61 Å². The highest BCUT2D eigenvalue weighted by atomic mass is 16.5. The summed E-state index contributed by atoms with van der Waals surface area (Å²) in [6.07, 6.45) is 11.3. The van der Waals surface area contributed by atoms with Crippen LogP contribution in [0.3, 0.4) is 0 Å². The topological polar surface area (TPSA) is 39.2 Å². The molecule has 1 aliphatic carbocycles. The zero-order valence-electron chi connectivity index (χ0n) is 12.6. The third-order valence-electron chi connectivity index (χ3n) is 4.47. The van der Waals surface area contributed by atoms with E-state index in [0.29, 0.717) is 12.0 Å². The van der Waals surface area contributed by atoms with E-state index in [1.807, 2.05) is 24.5 Å². The number of aromatic nitrogens is 1. The molecule has 0 unspecified atom stereocenters. The van der Waals surface area contributed by atoms with Crippen LogP contribution in [0.15, 0.2) is 24.5 Å². The Labute approximate surface area is 121 Å². The average Bonchev–Trinajstić information content (AvgIpc) is 2.45. The Kier molecular flexibility index (Phi) is 5.16. The van der Waals surface area contributed by atoms with Gasteiger partial charge >= 0.3 is 5.97 Å². The molecule has 1 aliphatic rings. The number of hydrogen-bond donors (Lipinski definition) is 0. The van der Waals surface area contributed by atoms with Crippen molar-refractivity contribution in [2.24, 2.45) is 5.41 Å². The fraction of sp³-hybridized carbons (Fsp3) is 0.647. The second-order valence-corrected chi connectivity index (χ2v) is 6.36. The summed E-state index contributed by atoms with van der Waals surface area (Å²) in [6, 6.07) is 4.08. The molecule has 1 atom stereocenters. The van der Waals surface area contributed by atoms with Crippen molar-refractivity contribution < 1.29 is 9.53 Å². The molecule has 0 radical (unpaired) electrons. The molecule has 0 bridgehead atoms. The predicted molar refractivity (Wildman–Crippen MR) is 79.4 cm³/mol. The van der Waals surface area contributed by atoms with Crippen LogP contribution in [0.5, 0.6) is 0 Å². The first-order valence-electron chi connectivity index (χ1n) is 7.62. The molecule has 0 aromatic carbocycles. The molecular weight excluding hydrogens is 250 g/mol. The second kappa shape index (κ2) is 6.87. The molecule has 0 saturated heterocycles. The SMILES string of the molecule is CC(=O)OC[C@@H](CC1(C)CCCCC1)c1ccncc1. The highest BCUT2D eigenvalue weighted by molar-refractivity contribution is 5.65. The van der Waals surface area contributed by atoms with Gasteiger partial charge in [0.1, 0.15) is 0 Å². The number of carbonyl (C=O) groups excluding carboxylic acids is 1. The van der Waals surface area contributed by atoms with E-state index in [-0.39, 0.29) is 11.9 Å². The van der Waals surface area contributed by atoms with E-state index in [2.05, 4.69) is 11.9 Å². The molecule has 3 heteroatoms. The highest BCUT2D eigenvalue weighted by Gasteiger charge is 2.31. The van der Waals surface area contributed by atoms with E-state index in [9.17, 15) is 4.79 Å². The first kappa shape index (κ1) is 15.0. The summed E-state index contributed by atoms with van der Waals surface area (Å²) in [5, 5.41) is 0. The van der Waals surface area contributed by atoms with E-state index in [1.54, 1.807) is 0 Å². The third kappa shape index (κ3) is 4.32. The predicted octanol–water partition coefficient (Wildman–Crippen LogP) is 4.09. The summed E-state index contributed by atoms with van der Waals surface area (Å²) >= 11 is 0. The molecular formula is C17H25NO2. The molecule has 0 aliphatic heterocycles. The molecule has 0 N–H and O–H groups in total. The van der Waals surface area contributed by atoms with E-state index >= 15 is 0 Å². The van der Waals surface area contributed by atoms with Crippen LogP contribution in [0.2, 0.25) is 0 Å². The zero-order valence-corrected chi connectivity index (χ0v) is 12.6. The lowest BCUT2D eigenvalue weighted by atomic mass is 9.69. The summed E-state index contributed by atoms with van der Waals surface area (Å²) in [6.45, 7) is 4.34.